The Hall–Kier alpha value is -1.89. The molecule has 21 heavy (non-hydrogen) atoms. The summed E-state index contributed by atoms with van der Waals surface area (Å²) in [7, 11) is 1.91. The third kappa shape index (κ3) is 2.65. The van der Waals surface area contributed by atoms with Gasteiger partial charge in [0.25, 0.3) is 0 Å². The van der Waals surface area contributed by atoms with Crippen molar-refractivity contribution in [2.45, 2.75) is 26.7 Å². The van der Waals surface area contributed by atoms with Gasteiger partial charge >= 0.3 is 0 Å². The van der Waals surface area contributed by atoms with Gasteiger partial charge in [-0.05, 0) is 31.7 Å². The predicted octanol–water partition coefficient (Wildman–Crippen LogP) is 1.08. The summed E-state index contributed by atoms with van der Waals surface area (Å²) in [6.45, 7) is 6.80. The molecular weight excluding hydrogens is 266 g/mol. The van der Waals surface area contributed by atoms with Crippen molar-refractivity contribution in [2.24, 2.45) is 18.2 Å². The van der Waals surface area contributed by atoms with Crippen LogP contribution in [0.4, 0.5) is 5.95 Å². The van der Waals surface area contributed by atoms with Crippen molar-refractivity contribution < 1.29 is 0 Å². The van der Waals surface area contributed by atoms with E-state index < -0.39 is 0 Å². The van der Waals surface area contributed by atoms with Gasteiger partial charge in [0, 0.05) is 26.3 Å². The van der Waals surface area contributed by atoms with Crippen LogP contribution in [0.3, 0.4) is 0 Å². The molecule has 1 unspecified atom stereocenters. The Morgan fingerprint density at radius 2 is 2.29 bits per heavy atom. The molecule has 0 saturated carbocycles. The number of nitrogens with one attached hydrogen (secondary N) is 1. The third-order valence-corrected chi connectivity index (χ3v) is 4.30. The van der Waals surface area contributed by atoms with E-state index in [0.29, 0.717) is 6.54 Å². The van der Waals surface area contributed by atoms with Crippen LogP contribution in [0.1, 0.15) is 25.5 Å². The van der Waals surface area contributed by atoms with E-state index in [1.807, 2.05) is 20.2 Å². The third-order valence-electron chi connectivity index (χ3n) is 4.30. The van der Waals surface area contributed by atoms with Crippen molar-refractivity contribution in [3.63, 3.8) is 0 Å². The fourth-order valence-corrected chi connectivity index (χ4v) is 3.00. The molecule has 3 rings (SSSR count). The topological polar surface area (TPSA) is 88.7 Å². The van der Waals surface area contributed by atoms with Crippen LogP contribution in [-0.4, -0.2) is 44.6 Å². The van der Waals surface area contributed by atoms with Crippen LogP contribution >= 0.6 is 0 Å². The van der Waals surface area contributed by atoms with Crippen molar-refractivity contribution in [1.82, 2.24) is 25.0 Å². The lowest BCUT2D eigenvalue weighted by molar-refractivity contribution is 0.270. The average Bonchev–Trinajstić information content (AvgIpc) is 3.05. The molecule has 2 aromatic heterocycles. The molecule has 3 heterocycles. The molecule has 0 aliphatic carbocycles. The lowest BCUT2D eigenvalue weighted by Crippen LogP contribution is -2.46. The second-order valence-corrected chi connectivity index (χ2v) is 6.33. The number of H-pyrrole nitrogens is 1. The van der Waals surface area contributed by atoms with Crippen molar-refractivity contribution in [1.29, 1.82) is 0 Å². The Kier molecular flexibility index (Phi) is 3.44. The van der Waals surface area contributed by atoms with Crippen LogP contribution in [0.15, 0.2) is 6.20 Å². The monoisotopic (exact) mass is 289 g/mol. The van der Waals surface area contributed by atoms with Gasteiger partial charge in [-0.1, -0.05) is 6.92 Å². The van der Waals surface area contributed by atoms with E-state index in [0.717, 1.165) is 42.5 Å². The molecule has 0 spiro atoms. The maximum absolute atomic E-state index is 5.91. The summed E-state index contributed by atoms with van der Waals surface area (Å²) in [5.41, 5.74) is 8.01. The number of aromatic nitrogens is 5. The van der Waals surface area contributed by atoms with Gasteiger partial charge in [0.05, 0.1) is 11.3 Å². The number of hydrogen-bond acceptors (Lipinski definition) is 5. The Bertz CT molecular complexity index is 629. The number of aryl methyl sites for hydroxylation is 2. The van der Waals surface area contributed by atoms with Gasteiger partial charge in [0.1, 0.15) is 0 Å². The highest BCUT2D eigenvalue weighted by Crippen LogP contribution is 2.30. The summed E-state index contributed by atoms with van der Waals surface area (Å²) >= 11 is 0. The molecule has 3 N–H and O–H groups in total. The molecule has 7 nitrogen and oxygen atoms in total. The van der Waals surface area contributed by atoms with Crippen molar-refractivity contribution in [2.75, 3.05) is 24.5 Å². The number of rotatable bonds is 3. The first-order valence-corrected chi connectivity index (χ1v) is 7.39. The van der Waals surface area contributed by atoms with Gasteiger partial charge in [-0.15, -0.1) is 5.10 Å². The van der Waals surface area contributed by atoms with Crippen LogP contribution in [0.5, 0.6) is 0 Å². The molecule has 1 fully saturated rings. The lowest BCUT2D eigenvalue weighted by atomic mass is 9.82. The maximum Gasteiger partial charge on any atom is 0.245 e. The Morgan fingerprint density at radius 1 is 1.48 bits per heavy atom. The van der Waals surface area contributed by atoms with E-state index in [1.54, 1.807) is 4.68 Å². The minimum absolute atomic E-state index is 0.156. The molecule has 0 radical (unpaired) electrons. The van der Waals surface area contributed by atoms with Crippen molar-refractivity contribution in [3.8, 4) is 11.4 Å². The summed E-state index contributed by atoms with van der Waals surface area (Å²) in [5.74, 6) is 1.53. The molecule has 0 bridgehead atoms. The minimum atomic E-state index is 0.156. The molecule has 2 aromatic rings. The molecule has 0 amide bonds. The molecular formula is C14H23N7. The molecule has 7 heteroatoms. The average molecular weight is 289 g/mol. The first-order valence-electron chi connectivity index (χ1n) is 7.39. The first kappa shape index (κ1) is 14.1. The molecule has 1 aliphatic heterocycles. The Morgan fingerprint density at radius 3 is 2.95 bits per heavy atom. The zero-order valence-corrected chi connectivity index (χ0v) is 12.9. The Balaban J connectivity index is 1.83. The zero-order chi connectivity index (χ0) is 15.0. The van der Waals surface area contributed by atoms with Gasteiger partial charge < -0.3 is 10.6 Å². The van der Waals surface area contributed by atoms with E-state index in [1.165, 1.54) is 6.42 Å². The summed E-state index contributed by atoms with van der Waals surface area (Å²) in [5, 5.41) is 11.8. The smallest absolute Gasteiger partial charge is 0.245 e. The predicted molar refractivity (Wildman–Crippen MR) is 81.9 cm³/mol. The summed E-state index contributed by atoms with van der Waals surface area (Å²) in [6.07, 6.45) is 4.25. The van der Waals surface area contributed by atoms with E-state index in [4.69, 9.17) is 5.73 Å². The highest BCUT2D eigenvalue weighted by Gasteiger charge is 2.31. The van der Waals surface area contributed by atoms with Crippen LogP contribution in [0.2, 0.25) is 0 Å². The number of nitrogens with two attached hydrogens (primary N) is 1. The number of anilines is 1. The fourth-order valence-electron chi connectivity index (χ4n) is 3.00. The second kappa shape index (κ2) is 5.14. The molecule has 1 saturated heterocycles. The standard InChI is InChI=1S/C14H23N7/c1-10-11(7-20(3)19-10)12-16-13(18-17-12)21-6-4-5-14(2,8-15)9-21/h7H,4-6,8-9,15H2,1-3H3,(H,16,17,18). The number of aromatic amines is 1. The molecule has 0 aromatic carbocycles. The highest BCUT2D eigenvalue weighted by molar-refractivity contribution is 5.58. The van der Waals surface area contributed by atoms with E-state index in [2.05, 4.69) is 32.1 Å². The van der Waals surface area contributed by atoms with E-state index >= 15 is 0 Å². The van der Waals surface area contributed by atoms with Gasteiger partial charge in [0.2, 0.25) is 5.95 Å². The largest absolute Gasteiger partial charge is 0.339 e. The zero-order valence-electron chi connectivity index (χ0n) is 12.9. The van der Waals surface area contributed by atoms with Crippen molar-refractivity contribution in [3.05, 3.63) is 11.9 Å². The number of hydrogen-bond donors (Lipinski definition) is 2. The first-order chi connectivity index (χ1) is 10.0. The highest BCUT2D eigenvalue weighted by atomic mass is 15.4. The lowest BCUT2D eigenvalue weighted by Gasteiger charge is -2.39. The fraction of sp³-hybridized carbons (Fsp3) is 0.643. The van der Waals surface area contributed by atoms with Gasteiger partial charge in [-0.2, -0.15) is 10.1 Å². The normalized spacial score (nSPS) is 22.8. The van der Waals surface area contributed by atoms with Gasteiger partial charge in [-0.3, -0.25) is 9.78 Å². The number of nitrogens with zero attached hydrogens (tertiary/aromatic N) is 5. The van der Waals surface area contributed by atoms with Crippen molar-refractivity contribution >= 4 is 5.95 Å². The van der Waals surface area contributed by atoms with Gasteiger partial charge in [0.15, 0.2) is 5.82 Å². The molecule has 1 atom stereocenters. The summed E-state index contributed by atoms with van der Waals surface area (Å²) < 4.78 is 1.79. The second-order valence-electron chi connectivity index (χ2n) is 6.33. The maximum atomic E-state index is 5.91. The molecule has 1 aliphatic rings. The SMILES string of the molecule is Cc1nn(C)cc1-c1nc(N2CCCC(C)(CN)C2)n[nH]1. The summed E-state index contributed by atoms with van der Waals surface area (Å²) in [4.78, 5) is 6.87. The minimum Gasteiger partial charge on any atom is -0.339 e. The number of piperidine rings is 1. The summed E-state index contributed by atoms with van der Waals surface area (Å²) in [6, 6.07) is 0. The van der Waals surface area contributed by atoms with Crippen LogP contribution < -0.4 is 10.6 Å². The van der Waals surface area contributed by atoms with Gasteiger partial charge in [-0.25, -0.2) is 0 Å². The van der Waals surface area contributed by atoms with Crippen LogP contribution in [0.25, 0.3) is 11.4 Å². The quantitative estimate of drug-likeness (QED) is 0.882. The van der Waals surface area contributed by atoms with E-state index in [-0.39, 0.29) is 5.41 Å². The van der Waals surface area contributed by atoms with Crippen LogP contribution in [0, 0.1) is 12.3 Å². The van der Waals surface area contributed by atoms with E-state index in [9.17, 15) is 0 Å². The molecule has 114 valence electrons. The van der Waals surface area contributed by atoms with Crippen LogP contribution in [-0.2, 0) is 7.05 Å². The Labute approximate surface area is 124 Å².